The lowest BCUT2D eigenvalue weighted by Gasteiger charge is -2.23. The molecule has 0 aromatic heterocycles. The Hall–Kier alpha value is -2.06. The van der Waals surface area contributed by atoms with Gasteiger partial charge in [-0.05, 0) is 30.0 Å². The third kappa shape index (κ3) is 3.34. The highest BCUT2D eigenvalue weighted by Gasteiger charge is 2.22. The highest BCUT2D eigenvalue weighted by atomic mass is 35.5. The molecule has 2 aromatic carbocycles. The topological polar surface area (TPSA) is 29.1 Å². The normalized spacial score (nSPS) is 18.2. The molecule has 0 bridgehead atoms. The number of benzene rings is 2. The Kier molecular flexibility index (Phi) is 4.07. The molecule has 0 fully saturated rings. The van der Waals surface area contributed by atoms with Crippen LogP contribution in [0.5, 0.6) is 0 Å². The second-order valence-electron chi connectivity index (χ2n) is 5.26. The van der Waals surface area contributed by atoms with Gasteiger partial charge in [0, 0.05) is 18.2 Å². The summed E-state index contributed by atoms with van der Waals surface area (Å²) in [5.41, 5.74) is 2.97. The number of rotatable bonds is 3. The number of ketones is 1. The van der Waals surface area contributed by atoms with Crippen LogP contribution < -0.4 is 5.32 Å². The van der Waals surface area contributed by atoms with Crippen molar-refractivity contribution in [2.24, 2.45) is 0 Å². The molecule has 1 atom stereocenters. The Morgan fingerprint density at radius 1 is 0.952 bits per heavy atom. The summed E-state index contributed by atoms with van der Waals surface area (Å²) in [7, 11) is 0. The van der Waals surface area contributed by atoms with E-state index in [1.54, 1.807) is 6.08 Å². The first-order valence-corrected chi connectivity index (χ1v) is 7.40. The van der Waals surface area contributed by atoms with Crippen LogP contribution in [0.25, 0.3) is 0 Å². The third-order valence-corrected chi connectivity index (χ3v) is 4.02. The lowest BCUT2D eigenvalue weighted by molar-refractivity contribution is -0.115. The van der Waals surface area contributed by atoms with Crippen LogP contribution in [0.3, 0.4) is 0 Å². The van der Waals surface area contributed by atoms with Crippen molar-refractivity contribution in [1.29, 1.82) is 0 Å². The summed E-state index contributed by atoms with van der Waals surface area (Å²) in [6.45, 7) is 0. The molecule has 106 valence electrons. The van der Waals surface area contributed by atoms with Crippen molar-refractivity contribution in [2.45, 2.75) is 18.8 Å². The van der Waals surface area contributed by atoms with Crippen molar-refractivity contribution in [2.75, 3.05) is 5.32 Å². The summed E-state index contributed by atoms with van der Waals surface area (Å²) in [6.07, 6.45) is 3.08. The summed E-state index contributed by atoms with van der Waals surface area (Å²) in [5, 5.41) is 3.95. The quantitative estimate of drug-likeness (QED) is 0.883. The molecular formula is C18H16ClNO. The number of allylic oxidation sites excluding steroid dienone is 2. The maximum atomic E-state index is 12.0. The van der Waals surface area contributed by atoms with Gasteiger partial charge in [-0.3, -0.25) is 4.79 Å². The lowest BCUT2D eigenvalue weighted by Crippen LogP contribution is -2.16. The summed E-state index contributed by atoms with van der Waals surface area (Å²) < 4.78 is 0. The van der Waals surface area contributed by atoms with Crippen molar-refractivity contribution in [3.05, 3.63) is 77.0 Å². The monoisotopic (exact) mass is 297 g/mol. The number of anilines is 1. The number of carbonyl (C=O) groups excluding carboxylic acids is 1. The largest absolute Gasteiger partial charge is 0.358 e. The van der Waals surface area contributed by atoms with E-state index in [4.69, 9.17) is 11.6 Å². The summed E-state index contributed by atoms with van der Waals surface area (Å²) >= 11 is 6.16. The van der Waals surface area contributed by atoms with E-state index >= 15 is 0 Å². The van der Waals surface area contributed by atoms with Gasteiger partial charge in [0.25, 0.3) is 0 Å². The lowest BCUT2D eigenvalue weighted by atomic mass is 9.85. The Morgan fingerprint density at radius 3 is 2.43 bits per heavy atom. The van der Waals surface area contributed by atoms with Gasteiger partial charge in [-0.15, -0.1) is 0 Å². The van der Waals surface area contributed by atoms with Crippen molar-refractivity contribution < 1.29 is 4.79 Å². The molecule has 0 heterocycles. The van der Waals surface area contributed by atoms with Crippen LogP contribution in [-0.2, 0) is 4.79 Å². The van der Waals surface area contributed by atoms with Crippen molar-refractivity contribution in [3.63, 3.8) is 0 Å². The zero-order valence-corrected chi connectivity index (χ0v) is 12.3. The van der Waals surface area contributed by atoms with E-state index in [9.17, 15) is 4.79 Å². The standard InChI is InChI=1S/C18H16ClNO/c19-17-8-4-5-9-18(17)20-15-10-14(11-16(21)12-15)13-6-2-1-3-7-13/h1-9,12,14,20H,10-11H2/t14-/m0/s1. The highest BCUT2D eigenvalue weighted by molar-refractivity contribution is 6.33. The zero-order chi connectivity index (χ0) is 14.7. The molecule has 3 heteroatoms. The molecule has 0 aliphatic heterocycles. The first kappa shape index (κ1) is 13.9. The van der Waals surface area contributed by atoms with Crippen LogP contribution in [0.4, 0.5) is 5.69 Å². The van der Waals surface area contributed by atoms with Gasteiger partial charge < -0.3 is 5.32 Å². The molecular weight excluding hydrogens is 282 g/mol. The van der Waals surface area contributed by atoms with Gasteiger partial charge in [0.05, 0.1) is 10.7 Å². The molecule has 0 amide bonds. The van der Waals surface area contributed by atoms with Crippen LogP contribution in [-0.4, -0.2) is 5.78 Å². The number of hydrogen-bond donors (Lipinski definition) is 1. The predicted octanol–water partition coefficient (Wildman–Crippen LogP) is 4.78. The van der Waals surface area contributed by atoms with Gasteiger partial charge in [-0.25, -0.2) is 0 Å². The molecule has 21 heavy (non-hydrogen) atoms. The van der Waals surface area contributed by atoms with Crippen LogP contribution in [0.1, 0.15) is 24.3 Å². The molecule has 0 saturated heterocycles. The molecule has 2 nitrogen and oxygen atoms in total. The molecule has 0 unspecified atom stereocenters. The number of carbonyl (C=O) groups is 1. The van der Waals surface area contributed by atoms with Gasteiger partial charge >= 0.3 is 0 Å². The molecule has 0 radical (unpaired) electrons. The van der Waals surface area contributed by atoms with Gasteiger partial charge in [-0.1, -0.05) is 54.1 Å². The average molecular weight is 298 g/mol. The van der Waals surface area contributed by atoms with E-state index in [-0.39, 0.29) is 11.7 Å². The van der Waals surface area contributed by atoms with E-state index in [0.717, 1.165) is 17.8 Å². The summed E-state index contributed by atoms with van der Waals surface area (Å²) in [4.78, 5) is 12.0. The van der Waals surface area contributed by atoms with Crippen LogP contribution in [0.2, 0.25) is 5.02 Å². The zero-order valence-electron chi connectivity index (χ0n) is 11.6. The molecule has 0 saturated carbocycles. The van der Waals surface area contributed by atoms with Crippen molar-refractivity contribution in [3.8, 4) is 0 Å². The van der Waals surface area contributed by atoms with E-state index < -0.39 is 0 Å². The fourth-order valence-electron chi connectivity index (χ4n) is 2.68. The Morgan fingerprint density at radius 2 is 1.67 bits per heavy atom. The maximum absolute atomic E-state index is 12.0. The van der Waals surface area contributed by atoms with E-state index in [1.165, 1.54) is 5.56 Å². The number of para-hydroxylation sites is 1. The smallest absolute Gasteiger partial charge is 0.158 e. The van der Waals surface area contributed by atoms with Crippen molar-refractivity contribution in [1.82, 2.24) is 0 Å². The predicted molar refractivity (Wildman–Crippen MR) is 86.6 cm³/mol. The van der Waals surface area contributed by atoms with Crippen LogP contribution in [0.15, 0.2) is 66.4 Å². The average Bonchev–Trinajstić information content (AvgIpc) is 2.50. The van der Waals surface area contributed by atoms with Crippen LogP contribution in [0, 0.1) is 0 Å². The highest BCUT2D eigenvalue weighted by Crippen LogP contribution is 2.33. The van der Waals surface area contributed by atoms with Gasteiger partial charge in [0.2, 0.25) is 0 Å². The Balaban J connectivity index is 1.80. The Bertz CT molecular complexity index is 679. The second kappa shape index (κ2) is 6.15. The van der Waals surface area contributed by atoms with E-state index in [2.05, 4.69) is 17.4 Å². The molecule has 1 aliphatic carbocycles. The van der Waals surface area contributed by atoms with Gasteiger partial charge in [-0.2, -0.15) is 0 Å². The van der Waals surface area contributed by atoms with Crippen molar-refractivity contribution >= 4 is 23.1 Å². The number of halogens is 1. The fraction of sp³-hybridized carbons (Fsp3) is 0.167. The van der Waals surface area contributed by atoms with Gasteiger partial charge in [0.15, 0.2) is 5.78 Å². The molecule has 3 rings (SSSR count). The molecule has 0 spiro atoms. The first-order chi connectivity index (χ1) is 10.2. The van der Waals surface area contributed by atoms with E-state index in [0.29, 0.717) is 11.4 Å². The maximum Gasteiger partial charge on any atom is 0.158 e. The van der Waals surface area contributed by atoms with Crippen LogP contribution >= 0.6 is 11.6 Å². The molecule has 2 aromatic rings. The Labute approximate surface area is 129 Å². The third-order valence-electron chi connectivity index (χ3n) is 3.69. The number of nitrogens with one attached hydrogen (secondary N) is 1. The summed E-state index contributed by atoms with van der Waals surface area (Å²) in [5.74, 6) is 0.387. The molecule has 1 N–H and O–H groups in total. The molecule has 1 aliphatic rings. The fourth-order valence-corrected chi connectivity index (χ4v) is 2.86. The SMILES string of the molecule is O=C1C=C(Nc2ccccc2Cl)C[C@H](c2ccccc2)C1. The first-order valence-electron chi connectivity index (χ1n) is 7.02. The summed E-state index contributed by atoms with van der Waals surface area (Å²) in [6, 6.07) is 17.7. The van der Waals surface area contributed by atoms with E-state index in [1.807, 2.05) is 42.5 Å². The minimum absolute atomic E-state index is 0.157. The van der Waals surface area contributed by atoms with Gasteiger partial charge in [0.1, 0.15) is 0 Å². The second-order valence-corrected chi connectivity index (χ2v) is 5.66. The minimum Gasteiger partial charge on any atom is -0.358 e. The number of hydrogen-bond acceptors (Lipinski definition) is 2. The minimum atomic E-state index is 0.157.